The van der Waals surface area contributed by atoms with Gasteiger partial charge in [-0.2, -0.15) is 5.10 Å². The lowest BCUT2D eigenvalue weighted by Crippen LogP contribution is -2.22. The number of rotatable bonds is 5. The van der Waals surface area contributed by atoms with E-state index >= 15 is 0 Å². The van der Waals surface area contributed by atoms with Crippen LogP contribution in [-0.2, 0) is 13.0 Å². The summed E-state index contributed by atoms with van der Waals surface area (Å²) in [6.45, 7) is 2.36. The van der Waals surface area contributed by atoms with Gasteiger partial charge in [0, 0.05) is 12.1 Å². The topological polar surface area (TPSA) is 101 Å². The Morgan fingerprint density at radius 2 is 2.15 bits per heavy atom. The van der Waals surface area contributed by atoms with Gasteiger partial charge in [-0.3, -0.25) is 5.10 Å². The van der Waals surface area contributed by atoms with Gasteiger partial charge in [-0.1, -0.05) is 6.92 Å². The molecule has 1 aromatic carbocycles. The molecule has 0 bridgehead atoms. The minimum atomic E-state index is 0.324. The second-order valence-electron chi connectivity index (χ2n) is 4.11. The molecule has 2 rings (SSSR count). The Kier molecular flexibility index (Phi) is 4.54. The highest BCUT2D eigenvalue weighted by atomic mass is 16.5. The average Bonchev–Trinajstić information content (AvgIpc) is 2.94. The van der Waals surface area contributed by atoms with Gasteiger partial charge >= 0.3 is 0 Å². The fourth-order valence-corrected chi connectivity index (χ4v) is 1.59. The SMILES string of the molecule is CCc1n[nH]c(CN=C(N)Nc2ccc(OC)cc2)n1. The lowest BCUT2D eigenvalue weighted by atomic mass is 10.3. The quantitative estimate of drug-likeness (QED) is 0.563. The lowest BCUT2D eigenvalue weighted by Gasteiger charge is -2.06. The van der Waals surface area contributed by atoms with Crippen molar-refractivity contribution in [3.8, 4) is 5.75 Å². The maximum absolute atomic E-state index is 5.81. The molecule has 0 amide bonds. The molecule has 0 spiro atoms. The third kappa shape index (κ3) is 3.71. The van der Waals surface area contributed by atoms with Crippen LogP contribution >= 0.6 is 0 Å². The zero-order valence-electron chi connectivity index (χ0n) is 11.6. The number of guanidine groups is 1. The molecule has 106 valence electrons. The summed E-state index contributed by atoms with van der Waals surface area (Å²) in [4.78, 5) is 8.46. The third-order valence-corrected chi connectivity index (χ3v) is 2.66. The molecule has 0 atom stereocenters. The summed E-state index contributed by atoms with van der Waals surface area (Å²) < 4.78 is 5.08. The van der Waals surface area contributed by atoms with Crippen molar-refractivity contribution in [2.45, 2.75) is 19.9 Å². The molecular weight excluding hydrogens is 256 g/mol. The summed E-state index contributed by atoms with van der Waals surface area (Å²) in [5, 5.41) is 9.85. The number of nitrogens with one attached hydrogen (secondary N) is 2. The lowest BCUT2D eigenvalue weighted by molar-refractivity contribution is 0.415. The average molecular weight is 274 g/mol. The predicted molar refractivity (Wildman–Crippen MR) is 77.7 cm³/mol. The molecule has 2 aromatic rings. The van der Waals surface area contributed by atoms with Crippen molar-refractivity contribution in [1.29, 1.82) is 0 Å². The number of anilines is 1. The summed E-state index contributed by atoms with van der Waals surface area (Å²) in [5.41, 5.74) is 6.66. The third-order valence-electron chi connectivity index (χ3n) is 2.66. The van der Waals surface area contributed by atoms with E-state index in [0.717, 1.165) is 23.7 Å². The molecule has 0 saturated heterocycles. The van der Waals surface area contributed by atoms with Crippen LogP contribution < -0.4 is 15.8 Å². The number of aryl methyl sites for hydroxylation is 1. The van der Waals surface area contributed by atoms with E-state index in [-0.39, 0.29) is 0 Å². The molecule has 0 aliphatic heterocycles. The van der Waals surface area contributed by atoms with Crippen molar-refractivity contribution in [2.24, 2.45) is 10.7 Å². The summed E-state index contributed by atoms with van der Waals surface area (Å²) in [6, 6.07) is 7.43. The van der Waals surface area contributed by atoms with E-state index in [2.05, 4.69) is 25.5 Å². The number of hydrogen-bond donors (Lipinski definition) is 3. The Hall–Kier alpha value is -2.57. The van der Waals surface area contributed by atoms with Gasteiger partial charge in [-0.15, -0.1) is 0 Å². The molecule has 4 N–H and O–H groups in total. The molecule has 0 radical (unpaired) electrons. The van der Waals surface area contributed by atoms with E-state index in [1.807, 2.05) is 31.2 Å². The molecule has 0 aliphatic carbocycles. The second-order valence-corrected chi connectivity index (χ2v) is 4.11. The second kappa shape index (κ2) is 6.55. The molecule has 1 heterocycles. The molecule has 1 aromatic heterocycles. The number of hydrogen-bond acceptors (Lipinski definition) is 4. The summed E-state index contributed by atoms with van der Waals surface area (Å²) in [5.74, 6) is 2.59. The Bertz CT molecular complexity index is 575. The number of nitrogens with zero attached hydrogens (tertiary/aromatic N) is 3. The Labute approximate surface area is 117 Å². The van der Waals surface area contributed by atoms with Crippen molar-refractivity contribution >= 4 is 11.6 Å². The Balaban J connectivity index is 1.92. The van der Waals surface area contributed by atoms with E-state index in [1.54, 1.807) is 7.11 Å². The number of nitrogens with two attached hydrogens (primary N) is 1. The maximum atomic E-state index is 5.81. The first-order chi connectivity index (χ1) is 9.71. The molecule has 0 saturated carbocycles. The fourth-order valence-electron chi connectivity index (χ4n) is 1.59. The van der Waals surface area contributed by atoms with Crippen LogP contribution in [0.2, 0.25) is 0 Å². The van der Waals surface area contributed by atoms with Gasteiger partial charge in [-0.25, -0.2) is 9.98 Å². The van der Waals surface area contributed by atoms with Gasteiger partial charge in [-0.05, 0) is 24.3 Å². The van der Waals surface area contributed by atoms with Crippen LogP contribution in [-0.4, -0.2) is 28.3 Å². The molecule has 7 heteroatoms. The van der Waals surface area contributed by atoms with Crippen LogP contribution in [0.15, 0.2) is 29.3 Å². The number of ether oxygens (including phenoxy) is 1. The summed E-state index contributed by atoms with van der Waals surface area (Å²) >= 11 is 0. The molecule has 0 fully saturated rings. The fraction of sp³-hybridized carbons (Fsp3) is 0.308. The zero-order chi connectivity index (χ0) is 14.4. The number of benzene rings is 1. The molecule has 0 aliphatic rings. The van der Waals surface area contributed by atoms with Gasteiger partial charge in [0.1, 0.15) is 18.1 Å². The van der Waals surface area contributed by atoms with E-state index in [0.29, 0.717) is 18.3 Å². The van der Waals surface area contributed by atoms with Crippen LogP contribution in [0.4, 0.5) is 5.69 Å². The number of aromatic nitrogens is 3. The number of aliphatic imine (C=N–C) groups is 1. The monoisotopic (exact) mass is 274 g/mol. The zero-order valence-corrected chi connectivity index (χ0v) is 11.6. The van der Waals surface area contributed by atoms with Gasteiger partial charge in [0.25, 0.3) is 0 Å². The molecule has 20 heavy (non-hydrogen) atoms. The van der Waals surface area contributed by atoms with E-state index in [1.165, 1.54) is 0 Å². The normalized spacial score (nSPS) is 11.4. The van der Waals surface area contributed by atoms with Crippen molar-refractivity contribution in [3.05, 3.63) is 35.9 Å². The number of H-pyrrole nitrogens is 1. The highest BCUT2D eigenvalue weighted by molar-refractivity contribution is 5.92. The van der Waals surface area contributed by atoms with Crippen LogP contribution in [0, 0.1) is 0 Å². The first kappa shape index (κ1) is 13.9. The first-order valence-electron chi connectivity index (χ1n) is 6.32. The molecular formula is C13H18N6O. The molecule has 0 unspecified atom stereocenters. The Morgan fingerprint density at radius 3 is 2.75 bits per heavy atom. The van der Waals surface area contributed by atoms with Crippen LogP contribution in [0.25, 0.3) is 0 Å². The Morgan fingerprint density at radius 1 is 1.40 bits per heavy atom. The highest BCUT2D eigenvalue weighted by Gasteiger charge is 2.01. The first-order valence-corrected chi connectivity index (χ1v) is 6.32. The molecule has 7 nitrogen and oxygen atoms in total. The standard InChI is InChI=1S/C13H18N6O/c1-3-11-17-12(19-18-11)8-15-13(14)16-9-4-6-10(20-2)7-5-9/h4-7H,3,8H2,1-2H3,(H3,14,15,16)(H,17,18,19). The van der Waals surface area contributed by atoms with Crippen LogP contribution in [0.1, 0.15) is 18.6 Å². The predicted octanol–water partition coefficient (Wildman–Crippen LogP) is 1.30. The van der Waals surface area contributed by atoms with Crippen LogP contribution in [0.5, 0.6) is 5.75 Å². The van der Waals surface area contributed by atoms with Crippen molar-refractivity contribution in [1.82, 2.24) is 15.2 Å². The van der Waals surface area contributed by atoms with Crippen LogP contribution in [0.3, 0.4) is 0 Å². The maximum Gasteiger partial charge on any atom is 0.193 e. The minimum absolute atomic E-state index is 0.324. The highest BCUT2D eigenvalue weighted by Crippen LogP contribution is 2.14. The summed E-state index contributed by atoms with van der Waals surface area (Å²) in [7, 11) is 1.63. The van der Waals surface area contributed by atoms with Gasteiger partial charge < -0.3 is 15.8 Å². The van der Waals surface area contributed by atoms with Gasteiger partial charge in [0.15, 0.2) is 11.8 Å². The van der Waals surface area contributed by atoms with Gasteiger partial charge in [0.05, 0.1) is 7.11 Å². The van der Waals surface area contributed by atoms with E-state index in [4.69, 9.17) is 10.5 Å². The van der Waals surface area contributed by atoms with Crippen molar-refractivity contribution < 1.29 is 4.74 Å². The van der Waals surface area contributed by atoms with E-state index < -0.39 is 0 Å². The van der Waals surface area contributed by atoms with E-state index in [9.17, 15) is 0 Å². The summed E-state index contributed by atoms with van der Waals surface area (Å²) in [6.07, 6.45) is 0.791. The largest absolute Gasteiger partial charge is 0.497 e. The number of methoxy groups -OCH3 is 1. The van der Waals surface area contributed by atoms with Crippen molar-refractivity contribution in [3.63, 3.8) is 0 Å². The van der Waals surface area contributed by atoms with Crippen molar-refractivity contribution in [2.75, 3.05) is 12.4 Å². The smallest absolute Gasteiger partial charge is 0.193 e. The van der Waals surface area contributed by atoms with Gasteiger partial charge in [0.2, 0.25) is 0 Å². The number of aromatic amines is 1. The minimum Gasteiger partial charge on any atom is -0.497 e.